The fourth-order valence-corrected chi connectivity index (χ4v) is 7.11. The highest BCUT2D eigenvalue weighted by Crippen LogP contribution is 2.42. The molecule has 2 aromatic heterocycles. The summed E-state index contributed by atoms with van der Waals surface area (Å²) >= 11 is 0. The van der Waals surface area contributed by atoms with Crippen LogP contribution in [-0.4, -0.2) is 74.9 Å². The molecule has 5 heterocycles. The number of benzene rings is 2. The maximum atomic E-state index is 16.6. The van der Waals surface area contributed by atoms with Gasteiger partial charge in [0.25, 0.3) is 0 Å². The van der Waals surface area contributed by atoms with E-state index in [1.807, 2.05) is 0 Å². The van der Waals surface area contributed by atoms with Crippen molar-refractivity contribution in [1.29, 1.82) is 0 Å². The molecule has 3 saturated heterocycles. The number of aryl methyl sites for hydroxylation is 1. The first kappa shape index (κ1) is 27.6. The molecular formula is C31H31F3N6O3. The molecule has 7 rings (SSSR count). The number of fused-ring (bicyclic) bond motifs is 3. The molecule has 0 aliphatic carbocycles. The molecule has 12 heteroatoms. The highest BCUT2D eigenvalue weighted by molar-refractivity contribution is 6.02. The first-order valence-corrected chi connectivity index (χ1v) is 14.6. The number of halogens is 3. The number of anilines is 1. The number of pyridine rings is 1. The quantitative estimate of drug-likeness (QED) is 0.324. The molecule has 2 aromatic carbocycles. The Bertz CT molecular complexity index is 1790. The van der Waals surface area contributed by atoms with Gasteiger partial charge in [-0.2, -0.15) is 9.97 Å². The van der Waals surface area contributed by atoms with E-state index in [1.165, 1.54) is 30.5 Å². The first-order chi connectivity index (χ1) is 20.7. The van der Waals surface area contributed by atoms with Crippen LogP contribution >= 0.6 is 0 Å². The minimum Gasteiger partial charge on any atom is -0.508 e. The van der Waals surface area contributed by atoms with Gasteiger partial charge in [0.2, 0.25) is 5.91 Å². The van der Waals surface area contributed by atoms with Gasteiger partial charge in [0.15, 0.2) is 5.82 Å². The Morgan fingerprint density at radius 3 is 2.81 bits per heavy atom. The molecule has 1 unspecified atom stereocenters. The van der Waals surface area contributed by atoms with Gasteiger partial charge in [0, 0.05) is 31.3 Å². The molecule has 3 fully saturated rings. The van der Waals surface area contributed by atoms with Gasteiger partial charge >= 0.3 is 6.01 Å². The number of rotatable bonds is 7. The predicted molar refractivity (Wildman–Crippen MR) is 155 cm³/mol. The highest BCUT2D eigenvalue weighted by atomic mass is 19.1. The number of aromatic nitrogens is 3. The zero-order valence-electron chi connectivity index (χ0n) is 23.6. The van der Waals surface area contributed by atoms with Crippen molar-refractivity contribution < 1.29 is 27.8 Å². The summed E-state index contributed by atoms with van der Waals surface area (Å²) in [5.41, 5.74) is 5.48. The van der Waals surface area contributed by atoms with E-state index in [4.69, 9.17) is 10.5 Å². The van der Waals surface area contributed by atoms with E-state index in [9.17, 15) is 18.7 Å². The largest absolute Gasteiger partial charge is 0.508 e. The summed E-state index contributed by atoms with van der Waals surface area (Å²) in [5, 5.41) is 11.7. The molecule has 3 atom stereocenters. The van der Waals surface area contributed by atoms with Crippen molar-refractivity contribution in [3.8, 4) is 23.0 Å². The SMILES string of the molecule is CCc1c(F)ccc2cc(O)cc(-c3ncc4c(N5CCC5C(N)=O)nc(OC[C@@]56CCCN5C[C@H](F)C6)nc4c3F)c12. The third-order valence-electron chi connectivity index (χ3n) is 9.26. The van der Waals surface area contributed by atoms with E-state index in [-0.39, 0.29) is 46.3 Å². The van der Waals surface area contributed by atoms with E-state index in [0.29, 0.717) is 48.7 Å². The summed E-state index contributed by atoms with van der Waals surface area (Å²) < 4.78 is 51.9. The summed E-state index contributed by atoms with van der Waals surface area (Å²) in [4.78, 5) is 29.3. The molecule has 9 nitrogen and oxygen atoms in total. The van der Waals surface area contributed by atoms with Crippen LogP contribution in [0.5, 0.6) is 11.8 Å². The van der Waals surface area contributed by atoms with Gasteiger partial charge in [0.1, 0.15) is 47.4 Å². The zero-order valence-corrected chi connectivity index (χ0v) is 23.6. The molecule has 3 aliphatic rings. The number of phenols is 1. The van der Waals surface area contributed by atoms with Crippen molar-refractivity contribution in [3.63, 3.8) is 0 Å². The number of primary amides is 1. The van der Waals surface area contributed by atoms with Crippen molar-refractivity contribution in [1.82, 2.24) is 19.9 Å². The van der Waals surface area contributed by atoms with Gasteiger partial charge < -0.3 is 20.5 Å². The molecule has 0 bridgehead atoms. The second-order valence-electron chi connectivity index (χ2n) is 11.7. The van der Waals surface area contributed by atoms with Crippen LogP contribution < -0.4 is 15.4 Å². The van der Waals surface area contributed by atoms with Gasteiger partial charge in [-0.05, 0) is 66.8 Å². The van der Waals surface area contributed by atoms with E-state index in [1.54, 1.807) is 11.8 Å². The molecule has 1 amide bonds. The predicted octanol–water partition coefficient (Wildman–Crippen LogP) is 4.41. The van der Waals surface area contributed by atoms with Crippen molar-refractivity contribution in [3.05, 3.63) is 47.7 Å². The Hall–Kier alpha value is -4.19. The second-order valence-corrected chi connectivity index (χ2v) is 11.7. The lowest BCUT2D eigenvalue weighted by Gasteiger charge is -2.40. The number of nitrogens with zero attached hydrogens (tertiary/aromatic N) is 5. The number of ether oxygens (including phenoxy) is 1. The van der Waals surface area contributed by atoms with E-state index < -0.39 is 35.3 Å². The summed E-state index contributed by atoms with van der Waals surface area (Å²) in [6.07, 6.45) is 3.35. The molecule has 0 saturated carbocycles. The fraction of sp³-hybridized carbons (Fsp3) is 0.419. The maximum Gasteiger partial charge on any atom is 0.319 e. The van der Waals surface area contributed by atoms with Crippen LogP contribution in [0.15, 0.2) is 30.5 Å². The number of carbonyl (C=O) groups is 1. The Kier molecular flexibility index (Phi) is 6.57. The molecule has 0 radical (unpaired) electrons. The number of amides is 1. The summed E-state index contributed by atoms with van der Waals surface area (Å²) in [6.45, 7) is 3.52. The van der Waals surface area contributed by atoms with Gasteiger partial charge in [-0.1, -0.05) is 13.0 Å². The molecule has 0 spiro atoms. The third kappa shape index (κ3) is 4.41. The zero-order chi connectivity index (χ0) is 30.0. The minimum absolute atomic E-state index is 0.110. The molecule has 4 aromatic rings. The summed E-state index contributed by atoms with van der Waals surface area (Å²) in [7, 11) is 0. The Morgan fingerprint density at radius 1 is 1.23 bits per heavy atom. The van der Waals surface area contributed by atoms with Crippen LogP contribution in [-0.2, 0) is 11.2 Å². The molecule has 3 N–H and O–H groups in total. The van der Waals surface area contributed by atoms with Crippen LogP contribution in [0.4, 0.5) is 19.0 Å². The number of phenolic OH excluding ortho intramolecular Hbond substituents is 1. The van der Waals surface area contributed by atoms with Crippen molar-refractivity contribution in [2.45, 2.75) is 56.8 Å². The van der Waals surface area contributed by atoms with Gasteiger partial charge in [-0.15, -0.1) is 0 Å². The fourth-order valence-electron chi connectivity index (χ4n) is 7.11. The van der Waals surface area contributed by atoms with Gasteiger partial charge in [-0.25, -0.2) is 13.2 Å². The lowest BCUT2D eigenvalue weighted by molar-refractivity contribution is -0.120. The number of hydrogen-bond donors (Lipinski definition) is 2. The number of carbonyl (C=O) groups excluding carboxylic acids is 1. The average molecular weight is 593 g/mol. The summed E-state index contributed by atoms with van der Waals surface area (Å²) in [5.74, 6) is -1.67. The van der Waals surface area contributed by atoms with Crippen molar-refractivity contribution >= 4 is 33.4 Å². The molecule has 3 aliphatic heterocycles. The van der Waals surface area contributed by atoms with Gasteiger partial charge in [-0.3, -0.25) is 14.7 Å². The lowest BCUT2D eigenvalue weighted by atomic mass is 9.94. The number of nitrogens with two attached hydrogens (primary N) is 1. The molecular weight excluding hydrogens is 561 g/mol. The smallest absolute Gasteiger partial charge is 0.319 e. The average Bonchev–Trinajstić information content (AvgIpc) is 3.47. The Balaban J connectivity index is 1.38. The van der Waals surface area contributed by atoms with Crippen LogP contribution in [0.1, 0.15) is 38.2 Å². The Morgan fingerprint density at radius 2 is 2.07 bits per heavy atom. The van der Waals surface area contributed by atoms with E-state index in [2.05, 4.69) is 19.9 Å². The van der Waals surface area contributed by atoms with Crippen LogP contribution in [0.2, 0.25) is 0 Å². The van der Waals surface area contributed by atoms with E-state index >= 15 is 4.39 Å². The standard InChI is InChI=1S/C31H31F3N6O3/c1-2-19-22(33)5-4-16-10-18(41)11-20(24(16)19)26-25(34)27-21(13-36-26)29(40-9-6-23(40)28(35)42)38-30(37-27)43-15-31-7-3-8-39(31)14-17(32)12-31/h4-5,10-11,13,17,23,41H,2-3,6-9,12,14-15H2,1H3,(H2,35,42)/t17-,23?,31+/m1/s1. The second kappa shape index (κ2) is 10.2. The van der Waals surface area contributed by atoms with Crippen molar-refractivity contribution in [2.24, 2.45) is 5.73 Å². The topological polar surface area (TPSA) is 118 Å². The third-order valence-corrected chi connectivity index (χ3v) is 9.26. The normalized spacial score (nSPS) is 23.6. The number of aromatic hydroxyl groups is 1. The monoisotopic (exact) mass is 592 g/mol. The van der Waals surface area contributed by atoms with Crippen LogP contribution in [0, 0.1) is 11.6 Å². The number of hydrogen-bond acceptors (Lipinski definition) is 8. The summed E-state index contributed by atoms with van der Waals surface area (Å²) in [6, 6.07) is 4.96. The van der Waals surface area contributed by atoms with Crippen molar-refractivity contribution in [2.75, 3.05) is 31.1 Å². The first-order valence-electron chi connectivity index (χ1n) is 14.6. The molecule has 43 heavy (non-hydrogen) atoms. The molecule has 224 valence electrons. The highest BCUT2D eigenvalue weighted by Gasteiger charge is 2.49. The van der Waals surface area contributed by atoms with Gasteiger partial charge in [0.05, 0.1) is 10.9 Å². The minimum atomic E-state index is -0.949. The Labute approximate surface area is 245 Å². The van der Waals surface area contributed by atoms with Crippen LogP contribution in [0.25, 0.3) is 32.9 Å². The lowest BCUT2D eigenvalue weighted by Crippen LogP contribution is -2.55. The van der Waals surface area contributed by atoms with E-state index in [0.717, 1.165) is 19.4 Å². The maximum absolute atomic E-state index is 16.6. The van der Waals surface area contributed by atoms with Crippen LogP contribution in [0.3, 0.4) is 0 Å². The number of alkyl halides is 1.